The minimum absolute atomic E-state index is 0.324. The number of imidazole rings is 1. The molecule has 1 aromatic heterocycles. The second-order valence-electron chi connectivity index (χ2n) is 10.4. The van der Waals surface area contributed by atoms with Crippen molar-refractivity contribution in [1.82, 2.24) is 9.55 Å². The Morgan fingerprint density at radius 3 is 1.85 bits per heavy atom. The van der Waals surface area contributed by atoms with Gasteiger partial charge in [-0.15, -0.1) is 0 Å². The number of nitrogens with zero attached hydrogens (tertiary/aromatic N) is 2. The molecule has 0 unspecified atom stereocenters. The Morgan fingerprint density at radius 2 is 1.18 bits per heavy atom. The Balaban J connectivity index is 1.24. The molecule has 6 aromatic carbocycles. The minimum Gasteiger partial charge on any atom is -0.294 e. The third-order valence-corrected chi connectivity index (χ3v) is 9.89. The molecule has 0 fully saturated rings. The number of sulfone groups is 1. The van der Waals surface area contributed by atoms with Gasteiger partial charge in [0.15, 0.2) is 0 Å². The lowest BCUT2D eigenvalue weighted by Gasteiger charge is -2.21. The first-order chi connectivity index (χ1) is 19.5. The van der Waals surface area contributed by atoms with Crippen molar-refractivity contribution in [2.45, 2.75) is 23.1 Å². The van der Waals surface area contributed by atoms with Gasteiger partial charge in [-0.2, -0.15) is 0 Å². The highest BCUT2D eigenvalue weighted by molar-refractivity contribution is 7.92. The Kier molecular flexibility index (Phi) is 4.85. The van der Waals surface area contributed by atoms with E-state index in [1.165, 1.54) is 21.9 Å². The zero-order valence-corrected chi connectivity index (χ0v) is 22.6. The van der Waals surface area contributed by atoms with E-state index in [-0.39, 0.29) is 0 Å². The van der Waals surface area contributed by atoms with Gasteiger partial charge in [0, 0.05) is 6.42 Å². The minimum atomic E-state index is -3.64. The number of hydrogen-bond donors (Lipinski definition) is 0. The van der Waals surface area contributed by atoms with Gasteiger partial charge in [-0.25, -0.2) is 13.4 Å². The van der Waals surface area contributed by atoms with E-state index >= 15 is 0 Å². The van der Waals surface area contributed by atoms with Crippen molar-refractivity contribution in [3.05, 3.63) is 121 Å². The first-order valence-electron chi connectivity index (χ1n) is 13.4. The van der Waals surface area contributed by atoms with Crippen LogP contribution in [-0.2, 0) is 16.3 Å². The number of aryl methyl sites for hydroxylation is 1. The lowest BCUT2D eigenvalue weighted by atomic mass is 9.96. The van der Waals surface area contributed by atoms with Gasteiger partial charge >= 0.3 is 0 Å². The standard InChI is InChI=1S/C35H24N2O2S/c1-2-34-36-30-8-5-9-33-35(30)37(34)31-21-29(16-17-32(31)40(33,38)39)28-15-14-26-19-25(12-13-27(26)20-28)24-11-10-22-6-3-4-7-23(22)18-24/h3-21H,2H2,1H3. The maximum atomic E-state index is 13.6. The summed E-state index contributed by atoms with van der Waals surface area (Å²) in [5, 5.41) is 4.76. The molecule has 40 heavy (non-hydrogen) atoms. The summed E-state index contributed by atoms with van der Waals surface area (Å²) in [5.41, 5.74) is 6.43. The van der Waals surface area contributed by atoms with E-state index < -0.39 is 9.84 Å². The van der Waals surface area contributed by atoms with Gasteiger partial charge in [0.05, 0.1) is 26.5 Å². The van der Waals surface area contributed by atoms with Crippen molar-refractivity contribution >= 4 is 42.4 Å². The van der Waals surface area contributed by atoms with Crippen LogP contribution in [-0.4, -0.2) is 18.0 Å². The summed E-state index contributed by atoms with van der Waals surface area (Å²) in [4.78, 5) is 5.41. The highest BCUT2D eigenvalue weighted by Gasteiger charge is 2.33. The summed E-state index contributed by atoms with van der Waals surface area (Å²) in [6.45, 7) is 2.05. The summed E-state index contributed by atoms with van der Waals surface area (Å²) in [6, 6.07) is 39.0. The van der Waals surface area contributed by atoms with Crippen molar-refractivity contribution in [3.63, 3.8) is 0 Å². The monoisotopic (exact) mass is 536 g/mol. The number of fused-ring (bicyclic) bond motifs is 4. The van der Waals surface area contributed by atoms with Crippen LogP contribution in [0, 0.1) is 0 Å². The molecule has 0 bridgehead atoms. The van der Waals surface area contributed by atoms with E-state index in [9.17, 15) is 8.42 Å². The molecule has 0 amide bonds. The van der Waals surface area contributed by atoms with Gasteiger partial charge in [-0.1, -0.05) is 79.7 Å². The van der Waals surface area contributed by atoms with E-state index in [0.717, 1.165) is 27.7 Å². The van der Waals surface area contributed by atoms with Crippen molar-refractivity contribution < 1.29 is 8.42 Å². The van der Waals surface area contributed by atoms with Crippen molar-refractivity contribution in [2.24, 2.45) is 0 Å². The fourth-order valence-electron chi connectivity index (χ4n) is 6.05. The van der Waals surface area contributed by atoms with Crippen LogP contribution in [0.2, 0.25) is 0 Å². The number of aromatic nitrogens is 2. The summed E-state index contributed by atoms with van der Waals surface area (Å²) in [5.74, 6) is 0.857. The summed E-state index contributed by atoms with van der Waals surface area (Å²) >= 11 is 0. The van der Waals surface area contributed by atoms with E-state index in [4.69, 9.17) is 4.98 Å². The van der Waals surface area contributed by atoms with Crippen molar-refractivity contribution in [1.29, 1.82) is 0 Å². The highest BCUT2D eigenvalue weighted by Crippen LogP contribution is 2.41. The van der Waals surface area contributed by atoms with Crippen LogP contribution in [0.1, 0.15) is 12.7 Å². The molecular formula is C35H24N2O2S. The van der Waals surface area contributed by atoms with Crippen LogP contribution >= 0.6 is 0 Å². The topological polar surface area (TPSA) is 52.0 Å². The van der Waals surface area contributed by atoms with E-state index in [1.807, 2.05) is 29.7 Å². The van der Waals surface area contributed by atoms with Crippen molar-refractivity contribution in [3.8, 4) is 27.9 Å². The molecule has 8 rings (SSSR count). The smallest absolute Gasteiger partial charge is 0.210 e. The lowest BCUT2D eigenvalue weighted by Crippen LogP contribution is -2.15. The number of benzene rings is 6. The molecule has 192 valence electrons. The molecule has 1 aliphatic rings. The van der Waals surface area contributed by atoms with Crippen LogP contribution < -0.4 is 0 Å². The highest BCUT2D eigenvalue weighted by atomic mass is 32.2. The SMILES string of the molecule is CCc1nc2cccc3c2n1-c1cc(-c2ccc4cc(-c5ccc6ccccc6c5)ccc4c2)ccc1S3(=O)=O. The third-order valence-electron chi connectivity index (χ3n) is 8.06. The normalized spacial score (nSPS) is 13.6. The lowest BCUT2D eigenvalue weighted by molar-refractivity contribution is 0.594. The first kappa shape index (κ1) is 23.2. The number of hydrogen-bond acceptors (Lipinski definition) is 3. The van der Waals surface area contributed by atoms with Crippen LogP contribution in [0.3, 0.4) is 0 Å². The largest absolute Gasteiger partial charge is 0.294 e. The molecular weight excluding hydrogens is 512 g/mol. The second kappa shape index (κ2) is 8.38. The molecule has 0 saturated heterocycles. The second-order valence-corrected chi connectivity index (χ2v) is 12.3. The van der Waals surface area contributed by atoms with Crippen molar-refractivity contribution in [2.75, 3.05) is 0 Å². The molecule has 5 heteroatoms. The molecule has 0 aliphatic carbocycles. The van der Waals surface area contributed by atoms with Gasteiger partial charge in [0.25, 0.3) is 0 Å². The molecule has 0 N–H and O–H groups in total. The zero-order valence-electron chi connectivity index (χ0n) is 21.8. The Morgan fingerprint density at radius 1 is 0.600 bits per heavy atom. The molecule has 2 heterocycles. The summed E-state index contributed by atoms with van der Waals surface area (Å²) in [6.07, 6.45) is 0.702. The summed E-state index contributed by atoms with van der Waals surface area (Å²) in [7, 11) is -3.64. The average Bonchev–Trinajstić information content (AvgIpc) is 3.38. The molecule has 0 radical (unpaired) electrons. The average molecular weight is 537 g/mol. The zero-order chi connectivity index (χ0) is 27.0. The molecule has 4 nitrogen and oxygen atoms in total. The predicted molar refractivity (Wildman–Crippen MR) is 162 cm³/mol. The van der Waals surface area contributed by atoms with Gasteiger partial charge in [-0.3, -0.25) is 4.57 Å². The first-order valence-corrected chi connectivity index (χ1v) is 14.9. The van der Waals surface area contributed by atoms with Gasteiger partial charge < -0.3 is 0 Å². The maximum Gasteiger partial charge on any atom is 0.210 e. The van der Waals surface area contributed by atoms with Crippen LogP contribution in [0.5, 0.6) is 0 Å². The molecule has 0 atom stereocenters. The van der Waals surface area contributed by atoms with Gasteiger partial charge in [0.2, 0.25) is 9.84 Å². The number of rotatable bonds is 3. The van der Waals surface area contributed by atoms with E-state index in [1.54, 1.807) is 18.2 Å². The third kappa shape index (κ3) is 3.31. The quantitative estimate of drug-likeness (QED) is 0.228. The summed E-state index contributed by atoms with van der Waals surface area (Å²) < 4.78 is 29.2. The Labute approximate surface area is 232 Å². The van der Waals surface area contributed by atoms with Gasteiger partial charge in [0.1, 0.15) is 5.82 Å². The predicted octanol–water partition coefficient (Wildman–Crippen LogP) is 8.37. The fourth-order valence-corrected chi connectivity index (χ4v) is 7.67. The molecule has 0 spiro atoms. The molecule has 0 saturated carbocycles. The maximum absolute atomic E-state index is 13.6. The fraction of sp³-hybridized carbons (Fsp3) is 0.0571. The molecule has 1 aliphatic heterocycles. The number of para-hydroxylation sites is 1. The van der Waals surface area contributed by atoms with Crippen LogP contribution in [0.15, 0.2) is 125 Å². The van der Waals surface area contributed by atoms with Crippen LogP contribution in [0.25, 0.3) is 60.5 Å². The molecule has 7 aromatic rings. The Bertz CT molecular complexity index is 2280. The van der Waals surface area contributed by atoms with Gasteiger partial charge in [-0.05, 0) is 86.3 Å². The van der Waals surface area contributed by atoms with E-state index in [2.05, 4.69) is 78.9 Å². The van der Waals surface area contributed by atoms with E-state index in [0.29, 0.717) is 32.9 Å². The van der Waals surface area contributed by atoms with Crippen LogP contribution in [0.4, 0.5) is 0 Å². The Hall–Kier alpha value is -4.74.